The van der Waals surface area contributed by atoms with Gasteiger partial charge in [0.05, 0.1) is 22.5 Å². The van der Waals surface area contributed by atoms with Crippen molar-refractivity contribution in [3.8, 4) is 22.5 Å². The van der Waals surface area contributed by atoms with E-state index in [2.05, 4.69) is 36.3 Å². The van der Waals surface area contributed by atoms with Gasteiger partial charge in [0.2, 0.25) is 0 Å². The second-order valence-corrected chi connectivity index (χ2v) is 7.39. The summed E-state index contributed by atoms with van der Waals surface area (Å²) in [7, 11) is 0. The highest BCUT2D eigenvalue weighted by Gasteiger charge is 2.15. The molecule has 5 aromatic rings. The molecule has 0 aliphatic carbocycles. The van der Waals surface area contributed by atoms with E-state index in [1.807, 2.05) is 54.6 Å². The summed E-state index contributed by atoms with van der Waals surface area (Å²) in [5.74, 6) is -0.463. The molecule has 34 heavy (non-hydrogen) atoms. The van der Waals surface area contributed by atoms with E-state index < -0.39 is 11.9 Å². The molecule has 3 amide bonds. The maximum atomic E-state index is 13.0. The van der Waals surface area contributed by atoms with Crippen LogP contribution in [0.2, 0.25) is 0 Å². The van der Waals surface area contributed by atoms with Crippen LogP contribution in [0.25, 0.3) is 33.4 Å². The number of urea groups is 1. The van der Waals surface area contributed by atoms with Gasteiger partial charge in [-0.15, -0.1) is 0 Å². The molecular weight excluding hydrogens is 430 g/mol. The van der Waals surface area contributed by atoms with Gasteiger partial charge < -0.3 is 5.32 Å². The first kappa shape index (κ1) is 20.8. The topological polar surface area (TPSA) is 125 Å². The summed E-state index contributed by atoms with van der Waals surface area (Å²) in [5, 5.41) is 10.2. The van der Waals surface area contributed by atoms with Crippen LogP contribution in [-0.4, -0.2) is 32.1 Å². The average molecular weight is 449 g/mol. The third-order valence-electron chi connectivity index (χ3n) is 5.16. The Hall–Kier alpha value is -5.05. The zero-order valence-electron chi connectivity index (χ0n) is 17.8. The fourth-order valence-electron chi connectivity index (χ4n) is 3.56. The molecule has 0 bridgehead atoms. The number of nitrogens with one attached hydrogen (secondary N) is 4. The summed E-state index contributed by atoms with van der Waals surface area (Å²) in [6.45, 7) is 0. The van der Waals surface area contributed by atoms with Gasteiger partial charge in [-0.05, 0) is 42.5 Å². The number of anilines is 1. The largest absolute Gasteiger partial charge is 0.337 e. The zero-order chi connectivity index (χ0) is 23.3. The number of amides is 3. The molecule has 0 spiro atoms. The van der Waals surface area contributed by atoms with Crippen molar-refractivity contribution in [1.29, 1.82) is 0 Å². The van der Waals surface area contributed by atoms with Gasteiger partial charge in [-0.25, -0.2) is 15.2 Å². The second kappa shape index (κ2) is 9.21. The molecule has 0 radical (unpaired) electrons. The summed E-state index contributed by atoms with van der Waals surface area (Å²) in [6, 6.07) is 21.2. The third-order valence-corrected chi connectivity index (χ3v) is 5.16. The minimum absolute atomic E-state index is 0.388. The summed E-state index contributed by atoms with van der Waals surface area (Å²) < 4.78 is 0. The maximum Gasteiger partial charge on any atom is 0.337 e. The van der Waals surface area contributed by atoms with Gasteiger partial charge in [0.15, 0.2) is 0 Å². The molecule has 0 saturated heterocycles. The highest BCUT2D eigenvalue weighted by molar-refractivity contribution is 6.07. The molecular formula is C25H19N7O2. The van der Waals surface area contributed by atoms with E-state index in [0.717, 1.165) is 16.8 Å². The molecule has 166 valence electrons. The van der Waals surface area contributed by atoms with Crippen LogP contribution in [0.15, 0.2) is 91.4 Å². The number of aromatic amines is 1. The second-order valence-electron chi connectivity index (χ2n) is 7.39. The Labute approximate surface area is 194 Å². The van der Waals surface area contributed by atoms with Crippen molar-refractivity contribution in [3.05, 3.63) is 97.0 Å². The van der Waals surface area contributed by atoms with Crippen molar-refractivity contribution in [2.75, 3.05) is 5.32 Å². The summed E-state index contributed by atoms with van der Waals surface area (Å²) >= 11 is 0. The number of para-hydroxylation sites is 1. The van der Waals surface area contributed by atoms with E-state index in [0.29, 0.717) is 27.8 Å². The number of H-pyrrole nitrogens is 1. The minimum atomic E-state index is -0.581. The predicted molar refractivity (Wildman–Crippen MR) is 129 cm³/mol. The van der Waals surface area contributed by atoms with Gasteiger partial charge in [0.25, 0.3) is 5.91 Å². The lowest BCUT2D eigenvalue weighted by Gasteiger charge is -2.12. The minimum Gasteiger partial charge on any atom is -0.307 e. The number of pyridine rings is 2. The SMILES string of the molecule is O=C(NNC(=O)c1cc(-c2ccncc2)nc2ccccc12)Nc1cccc(-c2ccn[nH]2)c1. The quantitative estimate of drug-likeness (QED) is 0.307. The molecule has 9 heteroatoms. The summed E-state index contributed by atoms with van der Waals surface area (Å²) in [4.78, 5) is 34.1. The fourth-order valence-corrected chi connectivity index (χ4v) is 3.56. The van der Waals surface area contributed by atoms with Gasteiger partial charge in [-0.3, -0.25) is 20.3 Å². The molecule has 3 heterocycles. The fraction of sp³-hybridized carbons (Fsp3) is 0. The number of aromatic nitrogens is 4. The highest BCUT2D eigenvalue weighted by atomic mass is 16.2. The molecule has 9 nitrogen and oxygen atoms in total. The molecule has 0 atom stereocenters. The zero-order valence-corrected chi connectivity index (χ0v) is 17.8. The van der Waals surface area contributed by atoms with Crippen LogP contribution in [0.4, 0.5) is 10.5 Å². The Bertz CT molecular complexity index is 1470. The first-order valence-electron chi connectivity index (χ1n) is 10.4. The Kier molecular flexibility index (Phi) is 5.64. The van der Waals surface area contributed by atoms with E-state index in [1.54, 1.807) is 36.8 Å². The predicted octanol–water partition coefficient (Wildman–Crippen LogP) is 4.15. The summed E-state index contributed by atoms with van der Waals surface area (Å²) in [5.41, 5.74) is 9.66. The number of hydrogen-bond donors (Lipinski definition) is 4. The lowest BCUT2D eigenvalue weighted by Crippen LogP contribution is -2.44. The van der Waals surface area contributed by atoms with Crippen LogP contribution in [0.1, 0.15) is 10.4 Å². The smallest absolute Gasteiger partial charge is 0.307 e. The number of hydrazine groups is 1. The monoisotopic (exact) mass is 449 g/mol. The molecule has 3 aromatic heterocycles. The number of benzene rings is 2. The molecule has 0 saturated carbocycles. The van der Waals surface area contributed by atoms with E-state index in [4.69, 9.17) is 0 Å². The first-order valence-corrected chi connectivity index (χ1v) is 10.4. The average Bonchev–Trinajstić information content (AvgIpc) is 3.42. The van der Waals surface area contributed by atoms with Crippen LogP contribution in [0, 0.1) is 0 Å². The van der Waals surface area contributed by atoms with Crippen molar-refractivity contribution in [2.45, 2.75) is 0 Å². The first-order chi connectivity index (χ1) is 16.7. The van der Waals surface area contributed by atoms with Crippen LogP contribution in [0.3, 0.4) is 0 Å². The van der Waals surface area contributed by atoms with Crippen LogP contribution in [0.5, 0.6) is 0 Å². The maximum absolute atomic E-state index is 13.0. The number of hydrogen-bond acceptors (Lipinski definition) is 5. The van der Waals surface area contributed by atoms with Gasteiger partial charge in [-0.2, -0.15) is 5.10 Å². The Balaban J connectivity index is 1.32. The van der Waals surface area contributed by atoms with Gasteiger partial charge in [0.1, 0.15) is 0 Å². The number of nitrogens with zero attached hydrogens (tertiary/aromatic N) is 3. The van der Waals surface area contributed by atoms with Crippen LogP contribution < -0.4 is 16.2 Å². The van der Waals surface area contributed by atoms with Crippen molar-refractivity contribution in [3.63, 3.8) is 0 Å². The van der Waals surface area contributed by atoms with E-state index in [1.165, 1.54) is 0 Å². The van der Waals surface area contributed by atoms with Crippen molar-refractivity contribution in [1.82, 2.24) is 31.0 Å². The molecule has 2 aromatic carbocycles. The van der Waals surface area contributed by atoms with E-state index in [-0.39, 0.29) is 0 Å². The molecule has 0 unspecified atom stereocenters. The number of carbonyl (C=O) groups excluding carboxylic acids is 2. The molecule has 0 fully saturated rings. The lowest BCUT2D eigenvalue weighted by molar-refractivity contribution is 0.0939. The van der Waals surface area contributed by atoms with Crippen molar-refractivity contribution >= 4 is 28.5 Å². The van der Waals surface area contributed by atoms with Crippen molar-refractivity contribution < 1.29 is 9.59 Å². The molecule has 5 rings (SSSR count). The summed E-state index contributed by atoms with van der Waals surface area (Å²) in [6.07, 6.45) is 4.99. The van der Waals surface area contributed by atoms with Crippen LogP contribution >= 0.6 is 0 Å². The lowest BCUT2D eigenvalue weighted by atomic mass is 10.0. The number of carbonyl (C=O) groups is 2. The molecule has 0 aliphatic rings. The number of rotatable bonds is 4. The van der Waals surface area contributed by atoms with E-state index in [9.17, 15) is 9.59 Å². The molecule has 0 aliphatic heterocycles. The highest BCUT2D eigenvalue weighted by Crippen LogP contribution is 2.24. The number of fused-ring (bicyclic) bond motifs is 1. The van der Waals surface area contributed by atoms with Gasteiger partial charge in [0, 0.05) is 40.8 Å². The standard InChI is InChI=1S/C25H19N7O2/c33-24(31-32-25(34)28-18-5-3-4-17(14-18)21-10-13-27-30-21)20-15-23(16-8-11-26-12-9-16)29-22-7-2-1-6-19(20)22/h1-15H,(H,27,30)(H,31,33)(H2,28,32,34). The Morgan fingerprint density at radius 2 is 1.65 bits per heavy atom. The van der Waals surface area contributed by atoms with Crippen LogP contribution in [-0.2, 0) is 0 Å². The third kappa shape index (κ3) is 4.44. The Morgan fingerprint density at radius 3 is 2.47 bits per heavy atom. The normalized spacial score (nSPS) is 10.6. The van der Waals surface area contributed by atoms with E-state index >= 15 is 0 Å². The van der Waals surface area contributed by atoms with Gasteiger partial charge >= 0.3 is 6.03 Å². The Morgan fingerprint density at radius 1 is 0.794 bits per heavy atom. The van der Waals surface area contributed by atoms with Crippen molar-refractivity contribution in [2.24, 2.45) is 0 Å². The van der Waals surface area contributed by atoms with Gasteiger partial charge in [-0.1, -0.05) is 30.3 Å². The molecule has 4 N–H and O–H groups in total.